The average molecular weight is 349 g/mol. The first-order valence-corrected chi connectivity index (χ1v) is 12.0. The first kappa shape index (κ1) is 17.8. The van der Waals surface area contributed by atoms with Crippen LogP contribution in [0.3, 0.4) is 0 Å². The van der Waals surface area contributed by atoms with Gasteiger partial charge in [-0.25, -0.2) is 0 Å². The van der Waals surface area contributed by atoms with Crippen LogP contribution < -0.4 is 5.19 Å². The molecule has 0 heterocycles. The maximum Gasteiger partial charge on any atom is 0.123 e. The zero-order valence-corrected chi connectivity index (χ0v) is 17.1. The fourth-order valence-corrected chi connectivity index (χ4v) is 8.37. The zero-order valence-electron chi connectivity index (χ0n) is 16.1. The smallest absolute Gasteiger partial charge is 0.123 e. The molecule has 1 unspecified atom stereocenters. The van der Waals surface area contributed by atoms with Crippen LogP contribution in [0.4, 0.5) is 0 Å². The van der Waals surface area contributed by atoms with Gasteiger partial charge in [0.1, 0.15) is 13.8 Å². The Morgan fingerprint density at radius 3 is 2.04 bits per heavy atom. The molecule has 1 atom stereocenters. The minimum Gasteiger partial charge on any atom is -0.507 e. The van der Waals surface area contributed by atoms with Crippen molar-refractivity contribution in [3.63, 3.8) is 0 Å². The number of allylic oxidation sites excluding steroid dienone is 4. The molecule has 0 bridgehead atoms. The summed E-state index contributed by atoms with van der Waals surface area (Å²) in [6, 6.07) is 16.4. The van der Waals surface area contributed by atoms with Crippen molar-refractivity contribution in [2.45, 2.75) is 40.8 Å². The van der Waals surface area contributed by atoms with Crippen LogP contribution in [-0.4, -0.2) is 13.2 Å². The van der Waals surface area contributed by atoms with E-state index in [4.69, 9.17) is 0 Å². The van der Waals surface area contributed by atoms with Crippen molar-refractivity contribution in [3.05, 3.63) is 70.4 Å². The minimum atomic E-state index is -1.98. The monoisotopic (exact) mass is 348 g/mol. The fourth-order valence-electron chi connectivity index (χ4n) is 4.42. The van der Waals surface area contributed by atoms with Crippen LogP contribution in [0.1, 0.15) is 27.7 Å². The maximum atomic E-state index is 11.1. The molecule has 130 valence electrons. The zero-order chi connectivity index (χ0) is 18.4. The molecule has 2 aromatic carbocycles. The molecule has 3 rings (SSSR count). The number of para-hydroxylation sites is 1. The van der Waals surface area contributed by atoms with E-state index in [1.807, 2.05) is 24.3 Å². The summed E-state index contributed by atoms with van der Waals surface area (Å²) < 4.78 is 0. The van der Waals surface area contributed by atoms with Gasteiger partial charge in [0, 0.05) is 5.56 Å². The molecule has 2 heteroatoms. The van der Waals surface area contributed by atoms with E-state index in [1.54, 1.807) is 5.20 Å². The SMILES string of the molecule is CC1=C(C)C(C)C([Si](C)(C)c2cccc(-c3ccccc3)c2O)=C1C. The van der Waals surface area contributed by atoms with Gasteiger partial charge in [-0.3, -0.25) is 0 Å². The van der Waals surface area contributed by atoms with E-state index in [0.717, 1.165) is 16.3 Å². The molecule has 0 aliphatic heterocycles. The standard InChI is InChI=1S/C23H28OSi/c1-15-16(2)18(4)23(17(15)3)25(5,6)21-14-10-13-20(22(21)24)19-11-8-7-9-12-19/h7-14,17,24H,1-6H3. The van der Waals surface area contributed by atoms with E-state index in [1.165, 1.54) is 16.7 Å². The largest absolute Gasteiger partial charge is 0.507 e. The molecule has 1 N–H and O–H groups in total. The van der Waals surface area contributed by atoms with Gasteiger partial charge in [-0.2, -0.15) is 0 Å². The summed E-state index contributed by atoms with van der Waals surface area (Å²) >= 11 is 0. The Hall–Kier alpha value is -2.06. The summed E-state index contributed by atoms with van der Waals surface area (Å²) in [5, 5.41) is 13.8. The first-order chi connectivity index (χ1) is 11.8. The summed E-state index contributed by atoms with van der Waals surface area (Å²) in [4.78, 5) is 0. The van der Waals surface area contributed by atoms with Crippen LogP contribution in [-0.2, 0) is 0 Å². The van der Waals surface area contributed by atoms with Crippen LogP contribution in [0.5, 0.6) is 5.75 Å². The Morgan fingerprint density at radius 2 is 1.48 bits per heavy atom. The van der Waals surface area contributed by atoms with Crippen LogP contribution in [0.2, 0.25) is 13.1 Å². The van der Waals surface area contributed by atoms with Gasteiger partial charge in [-0.1, -0.05) is 84.9 Å². The lowest BCUT2D eigenvalue weighted by Crippen LogP contribution is -2.46. The van der Waals surface area contributed by atoms with Gasteiger partial charge in [0.15, 0.2) is 0 Å². The van der Waals surface area contributed by atoms with E-state index in [9.17, 15) is 5.11 Å². The van der Waals surface area contributed by atoms with Crippen LogP contribution in [0.25, 0.3) is 11.1 Å². The molecular weight excluding hydrogens is 320 g/mol. The predicted molar refractivity (Wildman–Crippen MR) is 111 cm³/mol. The van der Waals surface area contributed by atoms with E-state index in [2.05, 4.69) is 65.1 Å². The van der Waals surface area contributed by atoms with Gasteiger partial charge in [-0.05, 0) is 43.0 Å². The second-order valence-corrected chi connectivity index (χ2v) is 12.1. The van der Waals surface area contributed by atoms with Crippen LogP contribution >= 0.6 is 0 Å². The van der Waals surface area contributed by atoms with Gasteiger partial charge >= 0.3 is 0 Å². The van der Waals surface area contributed by atoms with Crippen molar-refractivity contribution in [1.82, 2.24) is 0 Å². The molecule has 2 aromatic rings. The molecule has 0 aromatic heterocycles. The Bertz CT molecular complexity index is 872. The number of rotatable bonds is 3. The molecule has 0 spiro atoms. The Balaban J connectivity index is 2.14. The highest BCUT2D eigenvalue weighted by Gasteiger charge is 2.39. The third-order valence-electron chi connectivity index (χ3n) is 6.11. The molecule has 0 radical (unpaired) electrons. The first-order valence-electron chi connectivity index (χ1n) is 9.03. The van der Waals surface area contributed by atoms with Gasteiger partial charge in [0.05, 0.1) is 0 Å². The lowest BCUT2D eigenvalue weighted by atomic mass is 10.0. The molecular formula is C23H28OSi. The van der Waals surface area contributed by atoms with Crippen LogP contribution in [0, 0.1) is 5.92 Å². The molecule has 1 aliphatic rings. The van der Waals surface area contributed by atoms with E-state index >= 15 is 0 Å². The molecule has 0 amide bonds. The topological polar surface area (TPSA) is 20.2 Å². The highest BCUT2D eigenvalue weighted by molar-refractivity contribution is 6.96. The Morgan fingerprint density at radius 1 is 0.840 bits per heavy atom. The summed E-state index contributed by atoms with van der Waals surface area (Å²) in [5.41, 5.74) is 6.35. The van der Waals surface area contributed by atoms with E-state index in [-0.39, 0.29) is 0 Å². The quantitative estimate of drug-likeness (QED) is 0.693. The number of hydrogen-bond acceptors (Lipinski definition) is 1. The number of aromatic hydroxyl groups is 1. The third kappa shape index (κ3) is 2.79. The summed E-state index contributed by atoms with van der Waals surface area (Å²) in [5.74, 6) is 0.932. The van der Waals surface area contributed by atoms with E-state index in [0.29, 0.717) is 11.7 Å². The van der Waals surface area contributed by atoms with Crippen molar-refractivity contribution in [2.75, 3.05) is 0 Å². The number of phenols is 1. The molecule has 0 saturated carbocycles. The average Bonchev–Trinajstić information content (AvgIpc) is 2.79. The number of phenolic OH excluding ortho intramolecular Hbond substituents is 1. The lowest BCUT2D eigenvalue weighted by molar-refractivity contribution is 0.481. The predicted octanol–water partition coefficient (Wildman–Crippen LogP) is 5.82. The van der Waals surface area contributed by atoms with Crippen molar-refractivity contribution in [1.29, 1.82) is 0 Å². The molecule has 25 heavy (non-hydrogen) atoms. The highest BCUT2D eigenvalue weighted by Crippen LogP contribution is 2.42. The third-order valence-corrected chi connectivity index (χ3v) is 10.0. The van der Waals surface area contributed by atoms with Gasteiger partial charge in [-0.15, -0.1) is 0 Å². The molecule has 1 aliphatic carbocycles. The van der Waals surface area contributed by atoms with Crippen molar-refractivity contribution in [2.24, 2.45) is 5.92 Å². The molecule has 0 fully saturated rings. The van der Waals surface area contributed by atoms with Gasteiger partial charge < -0.3 is 5.11 Å². The summed E-state index contributed by atoms with van der Waals surface area (Å²) in [6.07, 6.45) is 0. The van der Waals surface area contributed by atoms with Crippen molar-refractivity contribution < 1.29 is 5.11 Å². The number of benzene rings is 2. The summed E-state index contributed by atoms with van der Waals surface area (Å²) in [7, 11) is -1.98. The second-order valence-electron chi connectivity index (χ2n) is 7.76. The fraction of sp³-hybridized carbons (Fsp3) is 0.304. The minimum absolute atomic E-state index is 0.458. The summed E-state index contributed by atoms with van der Waals surface area (Å²) in [6.45, 7) is 13.8. The molecule has 0 saturated heterocycles. The molecule has 1 nitrogen and oxygen atoms in total. The van der Waals surface area contributed by atoms with Crippen LogP contribution in [0.15, 0.2) is 70.4 Å². The lowest BCUT2D eigenvalue weighted by Gasteiger charge is -2.31. The van der Waals surface area contributed by atoms with Gasteiger partial charge in [0.2, 0.25) is 0 Å². The normalized spacial score (nSPS) is 18.2. The highest BCUT2D eigenvalue weighted by atomic mass is 28.3. The Kier molecular flexibility index (Phi) is 4.50. The van der Waals surface area contributed by atoms with Crippen molar-refractivity contribution in [3.8, 4) is 16.9 Å². The van der Waals surface area contributed by atoms with Gasteiger partial charge in [0.25, 0.3) is 0 Å². The van der Waals surface area contributed by atoms with E-state index < -0.39 is 8.07 Å². The number of hydrogen-bond donors (Lipinski definition) is 1. The van der Waals surface area contributed by atoms with Crippen molar-refractivity contribution >= 4 is 13.3 Å². The Labute approximate surface area is 152 Å². The maximum absolute atomic E-state index is 11.1. The second kappa shape index (κ2) is 6.34.